The number of carboxylic acid groups (broad SMARTS) is 1. The standard InChI is InChI=1S/CH2AsBO2.Pd/c3-2-1(4)5;/h2H,(H,4,5);. The monoisotopic (exact) mass is 238 g/mol. The molecule has 0 saturated carbocycles. The van der Waals surface area contributed by atoms with E-state index in [9.17, 15) is 4.79 Å². The second-order valence-electron chi connectivity index (χ2n) is 0.449. The van der Waals surface area contributed by atoms with Crippen molar-refractivity contribution in [2.24, 2.45) is 0 Å². The van der Waals surface area contributed by atoms with Crippen LogP contribution in [-0.2, 0) is 20.4 Å². The predicted molar refractivity (Wildman–Crippen MR) is 20.9 cm³/mol. The molecular weight excluding hydrogens is 236 g/mol. The van der Waals surface area contributed by atoms with Gasteiger partial charge >= 0.3 is 36.8 Å². The zero-order chi connectivity index (χ0) is 4.28. The van der Waals surface area contributed by atoms with Crippen LogP contribution in [0, 0.1) is 0 Å². The average molecular weight is 238 g/mol. The summed E-state index contributed by atoms with van der Waals surface area (Å²) in [5, 5.41) is 7.65. The van der Waals surface area contributed by atoms with Crippen molar-refractivity contribution in [3.63, 3.8) is 0 Å². The summed E-state index contributed by atoms with van der Waals surface area (Å²) in [4.78, 5) is 9.30. The quantitative estimate of drug-likeness (QED) is 0.606. The van der Waals surface area contributed by atoms with Crippen LogP contribution >= 0.6 is 0 Å². The first-order valence-corrected chi connectivity index (χ1v) is 3.23. The van der Waals surface area contributed by atoms with Crippen molar-refractivity contribution in [3.05, 3.63) is 0 Å². The fraction of sp³-hybridized carbons (Fsp3) is 0. The molecule has 1 atom stereocenters. The van der Waals surface area contributed by atoms with Gasteiger partial charge in [-0.25, -0.2) is 0 Å². The maximum atomic E-state index is 9.30. The fourth-order valence-electron chi connectivity index (χ4n) is 0. The Hall–Kier alpha value is 0.756. The van der Waals surface area contributed by atoms with Crippen LogP contribution in [0.25, 0.3) is 0 Å². The topological polar surface area (TPSA) is 37.3 Å². The molecule has 0 aliphatic carbocycles. The van der Waals surface area contributed by atoms with Gasteiger partial charge in [-0.2, -0.15) is 0 Å². The van der Waals surface area contributed by atoms with Crippen LogP contribution in [0.4, 0.5) is 4.79 Å². The van der Waals surface area contributed by atoms with E-state index in [0.717, 1.165) is 0 Å². The Labute approximate surface area is 57.3 Å². The van der Waals surface area contributed by atoms with Crippen molar-refractivity contribution in [2.75, 3.05) is 0 Å². The van der Waals surface area contributed by atoms with Gasteiger partial charge in [0.15, 0.2) is 0 Å². The van der Waals surface area contributed by atoms with Crippen molar-refractivity contribution in [2.45, 2.75) is 0 Å². The van der Waals surface area contributed by atoms with Gasteiger partial charge in [0.1, 0.15) is 0 Å². The summed E-state index contributed by atoms with van der Waals surface area (Å²) in [5.74, 6) is 0. The predicted octanol–water partition coefficient (Wildman–Crippen LogP) is -0.818. The Morgan fingerprint density at radius 3 is 2.00 bits per heavy atom. The summed E-state index contributed by atoms with van der Waals surface area (Å²) >= 11 is -1.14. The van der Waals surface area contributed by atoms with E-state index in [0.29, 0.717) is 0 Å². The Balaban J connectivity index is 0. The van der Waals surface area contributed by atoms with Gasteiger partial charge in [0.25, 0.3) is 0 Å². The Bertz CT molecular complexity index is 48.8. The van der Waals surface area contributed by atoms with Crippen molar-refractivity contribution in [1.29, 1.82) is 0 Å². The van der Waals surface area contributed by atoms with E-state index >= 15 is 0 Å². The second kappa shape index (κ2) is 5.76. The van der Waals surface area contributed by atoms with Crippen molar-refractivity contribution >= 4 is 26.9 Å². The van der Waals surface area contributed by atoms with E-state index < -0.39 is 20.3 Å². The van der Waals surface area contributed by atoms with Crippen LogP contribution in [0.5, 0.6) is 0 Å². The molecule has 0 rings (SSSR count). The molecular formula is CH2AsBO2Pd. The van der Waals surface area contributed by atoms with Crippen LogP contribution in [0.15, 0.2) is 0 Å². The largest absolute Gasteiger partial charge is 0 e. The van der Waals surface area contributed by atoms with E-state index in [1.165, 1.54) is 0 Å². The van der Waals surface area contributed by atoms with Crippen LogP contribution in [0.3, 0.4) is 0 Å². The normalized spacial score (nSPS) is 8.00. The Morgan fingerprint density at radius 2 is 2.00 bits per heavy atom. The summed E-state index contributed by atoms with van der Waals surface area (Å²) in [7, 11) is 0. The molecule has 6 heavy (non-hydrogen) atoms. The van der Waals surface area contributed by atoms with Crippen molar-refractivity contribution < 1.29 is 30.3 Å². The van der Waals surface area contributed by atoms with Crippen molar-refractivity contribution in [3.8, 4) is 0 Å². The number of hydrogen-bond acceptors (Lipinski definition) is 1. The molecule has 0 aromatic heterocycles. The molecule has 5 heteroatoms. The van der Waals surface area contributed by atoms with Gasteiger partial charge in [-0.05, 0) is 0 Å². The molecule has 0 aliphatic heterocycles. The molecule has 0 fully saturated rings. The van der Waals surface area contributed by atoms with E-state index in [2.05, 4.69) is 0 Å². The first-order chi connectivity index (χ1) is 2.27. The molecule has 0 bridgehead atoms. The number of carbonyl (C=O) groups is 1. The molecule has 36 valence electrons. The minimum atomic E-state index is -1.14. The van der Waals surface area contributed by atoms with Crippen LogP contribution in [0.2, 0.25) is 0 Å². The average Bonchev–Trinajstić information content (AvgIpc) is 1.38. The first kappa shape index (κ1) is 9.90. The Kier molecular flexibility index (Phi) is 9.49. The van der Waals surface area contributed by atoms with E-state index in [1.807, 2.05) is 0 Å². The third-order valence-electron chi connectivity index (χ3n) is 0.123. The summed E-state index contributed by atoms with van der Waals surface area (Å²) in [6.45, 7) is 4.70. The van der Waals surface area contributed by atoms with E-state index in [-0.39, 0.29) is 20.4 Å². The van der Waals surface area contributed by atoms with Gasteiger partial charge in [-0.3, -0.25) is 0 Å². The van der Waals surface area contributed by atoms with Crippen LogP contribution < -0.4 is 0 Å². The molecule has 0 heterocycles. The summed E-state index contributed by atoms with van der Waals surface area (Å²) in [5.41, 5.74) is 0. The SMILES string of the molecule is [B][AsH]C(=O)O.[Pd]. The number of rotatable bonds is 1. The Morgan fingerprint density at radius 1 is 1.83 bits per heavy atom. The maximum Gasteiger partial charge on any atom is 0 e. The first-order valence-electron chi connectivity index (χ1n) is 0.966. The van der Waals surface area contributed by atoms with Crippen LogP contribution in [-0.4, -0.2) is 32.0 Å². The van der Waals surface area contributed by atoms with Gasteiger partial charge in [-0.1, -0.05) is 0 Å². The van der Waals surface area contributed by atoms with Crippen molar-refractivity contribution in [1.82, 2.24) is 0 Å². The van der Waals surface area contributed by atoms with Gasteiger partial charge in [0.05, 0.1) is 0 Å². The molecule has 2 nitrogen and oxygen atoms in total. The van der Waals surface area contributed by atoms with Gasteiger partial charge in [0, 0.05) is 20.4 Å². The van der Waals surface area contributed by atoms with Gasteiger partial charge in [-0.15, -0.1) is 0 Å². The maximum absolute atomic E-state index is 9.30. The molecule has 0 amide bonds. The molecule has 0 aromatic carbocycles. The molecule has 1 N–H and O–H groups in total. The minimum absolute atomic E-state index is 0. The molecule has 0 aliphatic rings. The third kappa shape index (κ3) is 8.83. The summed E-state index contributed by atoms with van der Waals surface area (Å²) < 4.78 is -0.843. The van der Waals surface area contributed by atoms with Gasteiger partial charge < -0.3 is 0 Å². The number of hydrogen-bond donors (Lipinski definition) is 1. The second-order valence-corrected chi connectivity index (χ2v) is 1.95. The zero-order valence-electron chi connectivity index (χ0n) is 2.75. The molecule has 1 unspecified atom stereocenters. The smallest absolute Gasteiger partial charge is 0 e. The van der Waals surface area contributed by atoms with Gasteiger partial charge in [0.2, 0.25) is 0 Å². The van der Waals surface area contributed by atoms with E-state index in [1.54, 1.807) is 0 Å². The minimum Gasteiger partial charge on any atom is 0 e. The molecule has 0 aromatic rings. The fourth-order valence-corrected chi connectivity index (χ4v) is 0. The third-order valence-corrected chi connectivity index (χ3v) is 0.642. The van der Waals surface area contributed by atoms with Crippen LogP contribution in [0.1, 0.15) is 0 Å². The summed E-state index contributed by atoms with van der Waals surface area (Å²) in [6, 6.07) is 0. The molecule has 0 spiro atoms. The molecule has 2 radical (unpaired) electrons. The van der Waals surface area contributed by atoms with E-state index in [4.69, 9.17) is 11.6 Å². The molecule has 0 saturated heterocycles. The summed E-state index contributed by atoms with van der Waals surface area (Å²) in [6.07, 6.45) is 0. The zero-order valence-corrected chi connectivity index (χ0v) is 6.40.